The van der Waals surface area contributed by atoms with Crippen LogP contribution in [0.15, 0.2) is 71.8 Å². The first-order valence-corrected chi connectivity index (χ1v) is 11.4. The number of anilines is 1. The van der Waals surface area contributed by atoms with E-state index < -0.39 is 0 Å². The molecule has 0 bridgehead atoms. The van der Waals surface area contributed by atoms with Crippen molar-refractivity contribution >= 4 is 44.4 Å². The standard InChI is InChI=1S/C23H20FN3OS2/c1-2-16-6-5-8-20-22(16)26-23(30-20)27(14-18-7-3-4-13-25-18)21(28)15-29-19-11-9-17(24)10-12-19/h3-13H,2,14-15H2,1H3. The number of hydrogen-bond acceptors (Lipinski definition) is 5. The van der Waals surface area contributed by atoms with Gasteiger partial charge in [0.1, 0.15) is 5.82 Å². The molecule has 0 aliphatic heterocycles. The van der Waals surface area contributed by atoms with Gasteiger partial charge in [-0.2, -0.15) is 0 Å². The second-order valence-electron chi connectivity index (χ2n) is 6.66. The molecule has 0 aliphatic rings. The third kappa shape index (κ3) is 4.68. The van der Waals surface area contributed by atoms with E-state index in [0.717, 1.165) is 27.2 Å². The second kappa shape index (κ2) is 9.36. The van der Waals surface area contributed by atoms with E-state index in [9.17, 15) is 9.18 Å². The largest absolute Gasteiger partial charge is 0.281 e. The molecule has 7 heteroatoms. The van der Waals surface area contributed by atoms with E-state index in [1.54, 1.807) is 23.2 Å². The normalized spacial score (nSPS) is 11.0. The summed E-state index contributed by atoms with van der Waals surface area (Å²) in [4.78, 5) is 24.9. The maximum atomic E-state index is 13.2. The summed E-state index contributed by atoms with van der Waals surface area (Å²) in [6, 6.07) is 18.0. The number of aromatic nitrogens is 2. The van der Waals surface area contributed by atoms with E-state index in [-0.39, 0.29) is 17.5 Å². The van der Waals surface area contributed by atoms with E-state index in [2.05, 4.69) is 18.0 Å². The van der Waals surface area contributed by atoms with Gasteiger partial charge in [0, 0.05) is 11.1 Å². The van der Waals surface area contributed by atoms with Crippen LogP contribution in [0.2, 0.25) is 0 Å². The first-order chi connectivity index (χ1) is 14.6. The molecular weight excluding hydrogens is 417 g/mol. The van der Waals surface area contributed by atoms with Gasteiger partial charge < -0.3 is 0 Å². The van der Waals surface area contributed by atoms with E-state index in [4.69, 9.17) is 4.98 Å². The highest BCUT2D eigenvalue weighted by atomic mass is 32.2. The van der Waals surface area contributed by atoms with Crippen molar-refractivity contribution in [1.82, 2.24) is 9.97 Å². The molecule has 0 fully saturated rings. The van der Waals surface area contributed by atoms with Crippen LogP contribution in [0, 0.1) is 5.82 Å². The van der Waals surface area contributed by atoms with Gasteiger partial charge in [-0.05, 0) is 54.4 Å². The lowest BCUT2D eigenvalue weighted by Crippen LogP contribution is -2.32. The summed E-state index contributed by atoms with van der Waals surface area (Å²) in [5, 5.41) is 0.668. The summed E-state index contributed by atoms with van der Waals surface area (Å²) in [7, 11) is 0. The molecule has 4 nitrogen and oxygen atoms in total. The molecule has 1 amide bonds. The predicted octanol–water partition coefficient (Wildman–Crippen LogP) is 5.72. The number of pyridine rings is 1. The monoisotopic (exact) mass is 437 g/mol. The minimum absolute atomic E-state index is 0.0629. The Labute approximate surface area is 182 Å². The van der Waals surface area contributed by atoms with Gasteiger partial charge in [-0.15, -0.1) is 11.8 Å². The molecule has 2 aromatic carbocycles. The molecule has 0 radical (unpaired) electrons. The third-order valence-electron chi connectivity index (χ3n) is 4.63. The molecule has 0 spiro atoms. The molecule has 2 heterocycles. The molecule has 152 valence electrons. The van der Waals surface area contributed by atoms with Gasteiger partial charge in [-0.25, -0.2) is 9.37 Å². The number of hydrogen-bond donors (Lipinski definition) is 0. The summed E-state index contributed by atoms with van der Waals surface area (Å²) in [6.07, 6.45) is 2.61. The SMILES string of the molecule is CCc1cccc2sc(N(Cc3ccccn3)C(=O)CSc3ccc(F)cc3)nc12. The minimum Gasteiger partial charge on any atom is -0.281 e. The van der Waals surface area contributed by atoms with Crippen LogP contribution in [-0.2, 0) is 17.8 Å². The van der Waals surface area contributed by atoms with Crippen LogP contribution in [0.25, 0.3) is 10.2 Å². The van der Waals surface area contributed by atoms with Crippen molar-refractivity contribution in [3.8, 4) is 0 Å². The number of thiazole rings is 1. The number of halogens is 1. The van der Waals surface area contributed by atoms with Gasteiger partial charge in [-0.3, -0.25) is 14.7 Å². The molecular formula is C23H20FN3OS2. The van der Waals surface area contributed by atoms with Gasteiger partial charge in [0.15, 0.2) is 5.13 Å². The molecule has 0 N–H and O–H groups in total. The molecule has 0 aliphatic carbocycles. The second-order valence-corrected chi connectivity index (χ2v) is 8.72. The maximum absolute atomic E-state index is 13.2. The number of benzene rings is 2. The Morgan fingerprint density at radius 1 is 1.10 bits per heavy atom. The highest BCUT2D eigenvalue weighted by molar-refractivity contribution is 8.00. The van der Waals surface area contributed by atoms with Crippen LogP contribution in [0.4, 0.5) is 9.52 Å². The van der Waals surface area contributed by atoms with Crippen LogP contribution >= 0.6 is 23.1 Å². The van der Waals surface area contributed by atoms with E-state index in [1.807, 2.05) is 30.3 Å². The number of carbonyl (C=O) groups excluding carboxylic acids is 1. The number of para-hydroxylation sites is 1. The molecule has 0 unspecified atom stereocenters. The van der Waals surface area contributed by atoms with Crippen molar-refractivity contribution in [3.63, 3.8) is 0 Å². The average Bonchev–Trinajstić information content (AvgIpc) is 3.21. The Morgan fingerprint density at radius 3 is 2.67 bits per heavy atom. The Hall–Kier alpha value is -2.77. The Bertz CT molecular complexity index is 1150. The minimum atomic E-state index is -0.288. The Balaban J connectivity index is 1.62. The van der Waals surface area contributed by atoms with Crippen LogP contribution in [0.1, 0.15) is 18.2 Å². The fraction of sp³-hybridized carbons (Fsp3) is 0.174. The molecule has 4 rings (SSSR count). The summed E-state index contributed by atoms with van der Waals surface area (Å²) in [5.74, 6) is -0.120. The molecule has 30 heavy (non-hydrogen) atoms. The van der Waals surface area contributed by atoms with Crippen LogP contribution in [0.5, 0.6) is 0 Å². The number of fused-ring (bicyclic) bond motifs is 1. The highest BCUT2D eigenvalue weighted by Gasteiger charge is 2.21. The van der Waals surface area contributed by atoms with Gasteiger partial charge in [0.05, 0.1) is 28.2 Å². The molecule has 0 saturated heterocycles. The Morgan fingerprint density at radius 2 is 1.93 bits per heavy atom. The van der Waals surface area contributed by atoms with Crippen molar-refractivity contribution in [2.24, 2.45) is 0 Å². The number of aryl methyl sites for hydroxylation is 1. The van der Waals surface area contributed by atoms with Gasteiger partial charge in [0.25, 0.3) is 0 Å². The van der Waals surface area contributed by atoms with Crippen molar-refractivity contribution in [2.45, 2.75) is 24.8 Å². The fourth-order valence-electron chi connectivity index (χ4n) is 3.06. The van der Waals surface area contributed by atoms with E-state index in [1.165, 1.54) is 40.8 Å². The van der Waals surface area contributed by atoms with Crippen LogP contribution < -0.4 is 4.90 Å². The number of amides is 1. The van der Waals surface area contributed by atoms with Crippen LogP contribution in [-0.4, -0.2) is 21.6 Å². The zero-order valence-electron chi connectivity index (χ0n) is 16.4. The molecule has 0 atom stereocenters. The first-order valence-electron chi connectivity index (χ1n) is 9.61. The summed E-state index contributed by atoms with van der Waals surface area (Å²) in [5.41, 5.74) is 2.92. The fourth-order valence-corrected chi connectivity index (χ4v) is 4.87. The van der Waals surface area contributed by atoms with Crippen molar-refractivity contribution in [3.05, 3.63) is 83.9 Å². The topological polar surface area (TPSA) is 46.1 Å². The maximum Gasteiger partial charge on any atom is 0.239 e. The highest BCUT2D eigenvalue weighted by Crippen LogP contribution is 2.32. The van der Waals surface area contributed by atoms with E-state index in [0.29, 0.717) is 11.7 Å². The quantitative estimate of drug-likeness (QED) is 0.347. The first kappa shape index (κ1) is 20.5. The lowest BCUT2D eigenvalue weighted by Gasteiger charge is -2.19. The smallest absolute Gasteiger partial charge is 0.239 e. The van der Waals surface area contributed by atoms with Crippen molar-refractivity contribution in [2.75, 3.05) is 10.7 Å². The summed E-state index contributed by atoms with van der Waals surface area (Å²) in [6.45, 7) is 2.45. The van der Waals surface area contributed by atoms with E-state index >= 15 is 0 Å². The number of rotatable bonds is 7. The average molecular weight is 438 g/mol. The van der Waals surface area contributed by atoms with Gasteiger partial charge in [-0.1, -0.05) is 36.5 Å². The number of carbonyl (C=O) groups is 1. The lowest BCUT2D eigenvalue weighted by atomic mass is 10.1. The number of nitrogens with zero attached hydrogens (tertiary/aromatic N) is 3. The molecule has 4 aromatic rings. The zero-order valence-corrected chi connectivity index (χ0v) is 18.0. The van der Waals surface area contributed by atoms with Crippen molar-refractivity contribution in [1.29, 1.82) is 0 Å². The zero-order chi connectivity index (χ0) is 20.9. The van der Waals surface area contributed by atoms with Gasteiger partial charge >= 0.3 is 0 Å². The lowest BCUT2D eigenvalue weighted by molar-refractivity contribution is -0.116. The predicted molar refractivity (Wildman–Crippen MR) is 122 cm³/mol. The molecule has 2 aromatic heterocycles. The summed E-state index contributed by atoms with van der Waals surface area (Å²) < 4.78 is 14.2. The molecule has 0 saturated carbocycles. The van der Waals surface area contributed by atoms with Gasteiger partial charge in [0.2, 0.25) is 5.91 Å². The summed E-state index contributed by atoms with van der Waals surface area (Å²) >= 11 is 2.90. The number of thioether (sulfide) groups is 1. The van der Waals surface area contributed by atoms with Crippen LogP contribution in [0.3, 0.4) is 0 Å². The van der Waals surface area contributed by atoms with Crippen molar-refractivity contribution < 1.29 is 9.18 Å². The Kier molecular flexibility index (Phi) is 6.40. The third-order valence-corrected chi connectivity index (χ3v) is 6.67.